The first kappa shape index (κ1) is 16.7. The molecule has 112 valence electrons. The zero-order valence-corrected chi connectivity index (χ0v) is 12.7. The fraction of sp³-hybridized carbons (Fsp3) is 0.588. The molecule has 0 unspecified atom stereocenters. The number of anilines is 1. The Kier molecular flexibility index (Phi) is 7.93. The van der Waals surface area contributed by atoms with Crippen LogP contribution in [-0.4, -0.2) is 12.3 Å². The summed E-state index contributed by atoms with van der Waals surface area (Å²) in [4.78, 5) is 11.2. The number of carbonyl (C=O) groups is 1. The van der Waals surface area contributed by atoms with Crippen molar-refractivity contribution >= 4 is 11.5 Å². The van der Waals surface area contributed by atoms with Gasteiger partial charge in [0.25, 0.3) is 0 Å². The second-order valence-corrected chi connectivity index (χ2v) is 5.16. The molecule has 0 aromatic heterocycles. The van der Waals surface area contributed by atoms with Crippen LogP contribution in [0.3, 0.4) is 0 Å². The highest BCUT2D eigenvalue weighted by molar-refractivity contribution is 5.77. The molecule has 0 heterocycles. The van der Waals surface area contributed by atoms with Crippen LogP contribution in [0.4, 0.5) is 10.1 Å². The monoisotopic (exact) mass is 279 g/mol. The number of rotatable bonds is 10. The molecule has 0 radical (unpaired) electrons. The van der Waals surface area contributed by atoms with E-state index in [4.69, 9.17) is 0 Å². The van der Waals surface area contributed by atoms with E-state index in [0.717, 1.165) is 44.2 Å². The third-order valence-electron chi connectivity index (χ3n) is 3.44. The van der Waals surface area contributed by atoms with Gasteiger partial charge in [-0.3, -0.25) is 4.79 Å². The molecule has 0 saturated heterocycles. The van der Waals surface area contributed by atoms with E-state index in [2.05, 4.69) is 12.2 Å². The second kappa shape index (κ2) is 9.51. The number of halogens is 1. The molecule has 0 aliphatic heterocycles. The van der Waals surface area contributed by atoms with Crippen molar-refractivity contribution in [3.05, 3.63) is 29.6 Å². The van der Waals surface area contributed by atoms with Gasteiger partial charge >= 0.3 is 0 Å². The first-order valence-electron chi connectivity index (χ1n) is 7.72. The lowest BCUT2D eigenvalue weighted by Crippen LogP contribution is -2.04. The van der Waals surface area contributed by atoms with E-state index in [-0.39, 0.29) is 5.82 Å². The van der Waals surface area contributed by atoms with E-state index in [1.807, 2.05) is 19.1 Å². The predicted octanol–water partition coefficient (Wildman–Crippen LogP) is 4.73. The number of Topliss-reactive ketones (excluding diaryl/α,β-unsaturated/α-hetero) is 1. The summed E-state index contributed by atoms with van der Waals surface area (Å²) in [6, 6.07) is 5.54. The van der Waals surface area contributed by atoms with Gasteiger partial charge in [-0.05, 0) is 37.3 Å². The lowest BCUT2D eigenvalue weighted by Gasteiger charge is -2.10. The van der Waals surface area contributed by atoms with Crippen molar-refractivity contribution in [2.45, 2.75) is 58.8 Å². The van der Waals surface area contributed by atoms with E-state index in [1.54, 1.807) is 6.07 Å². The zero-order valence-electron chi connectivity index (χ0n) is 12.7. The van der Waals surface area contributed by atoms with Gasteiger partial charge in [0.15, 0.2) is 0 Å². The fourth-order valence-corrected chi connectivity index (χ4v) is 2.16. The second-order valence-electron chi connectivity index (χ2n) is 5.16. The summed E-state index contributed by atoms with van der Waals surface area (Å²) in [6.07, 6.45) is 5.85. The van der Waals surface area contributed by atoms with E-state index >= 15 is 0 Å². The molecule has 0 aliphatic carbocycles. The Morgan fingerprint density at radius 1 is 1.20 bits per heavy atom. The largest absolute Gasteiger partial charge is 0.383 e. The van der Waals surface area contributed by atoms with Gasteiger partial charge in [0.1, 0.15) is 11.6 Å². The molecule has 1 aromatic carbocycles. The number of benzene rings is 1. The van der Waals surface area contributed by atoms with Crippen LogP contribution < -0.4 is 5.32 Å². The van der Waals surface area contributed by atoms with Crippen LogP contribution in [0.15, 0.2) is 18.2 Å². The van der Waals surface area contributed by atoms with Gasteiger partial charge in [0.05, 0.1) is 5.69 Å². The Morgan fingerprint density at radius 3 is 2.70 bits per heavy atom. The van der Waals surface area contributed by atoms with Crippen LogP contribution in [0.1, 0.15) is 57.9 Å². The summed E-state index contributed by atoms with van der Waals surface area (Å²) in [7, 11) is 0. The lowest BCUT2D eigenvalue weighted by molar-refractivity contribution is -0.118. The fourth-order valence-electron chi connectivity index (χ4n) is 2.16. The van der Waals surface area contributed by atoms with E-state index < -0.39 is 0 Å². The summed E-state index contributed by atoms with van der Waals surface area (Å²) < 4.78 is 14.2. The Morgan fingerprint density at radius 2 is 2.00 bits per heavy atom. The third-order valence-corrected chi connectivity index (χ3v) is 3.44. The molecule has 0 aliphatic rings. The average Bonchev–Trinajstić information content (AvgIpc) is 2.47. The van der Waals surface area contributed by atoms with Gasteiger partial charge in [0.2, 0.25) is 0 Å². The summed E-state index contributed by atoms with van der Waals surface area (Å²) in [5.41, 5.74) is 1.37. The zero-order chi connectivity index (χ0) is 14.8. The first-order valence-corrected chi connectivity index (χ1v) is 7.72. The minimum atomic E-state index is -0.120. The summed E-state index contributed by atoms with van der Waals surface area (Å²) >= 11 is 0. The van der Waals surface area contributed by atoms with E-state index in [9.17, 15) is 9.18 Å². The molecule has 20 heavy (non-hydrogen) atoms. The number of ketones is 1. The maximum Gasteiger partial charge on any atom is 0.149 e. The van der Waals surface area contributed by atoms with Crippen molar-refractivity contribution in [2.75, 3.05) is 11.9 Å². The van der Waals surface area contributed by atoms with Gasteiger partial charge in [-0.25, -0.2) is 4.39 Å². The van der Waals surface area contributed by atoms with Gasteiger partial charge in [-0.15, -0.1) is 0 Å². The highest BCUT2D eigenvalue weighted by atomic mass is 19.1. The van der Waals surface area contributed by atoms with Crippen molar-refractivity contribution in [1.29, 1.82) is 0 Å². The van der Waals surface area contributed by atoms with E-state index in [0.29, 0.717) is 24.3 Å². The van der Waals surface area contributed by atoms with Crippen LogP contribution in [0.25, 0.3) is 0 Å². The highest BCUT2D eigenvalue weighted by Crippen LogP contribution is 2.20. The molecule has 2 nitrogen and oxygen atoms in total. The number of unbranched alkanes of at least 4 members (excludes halogenated alkanes) is 2. The SMILES string of the molecule is CCCNc1cccc(CCCCCC(=O)CC)c1F. The standard InChI is InChI=1S/C17H26FNO/c1-3-13-19-16-12-8-10-14(17(16)18)9-6-5-7-11-15(20)4-2/h8,10,12,19H,3-7,9,11,13H2,1-2H3. The smallest absolute Gasteiger partial charge is 0.149 e. The minimum absolute atomic E-state index is 0.120. The number of carbonyl (C=O) groups excluding carboxylic acids is 1. The Hall–Kier alpha value is -1.38. The van der Waals surface area contributed by atoms with Gasteiger partial charge in [-0.2, -0.15) is 0 Å². The Bertz CT molecular complexity index is 417. The predicted molar refractivity (Wildman–Crippen MR) is 82.7 cm³/mol. The summed E-state index contributed by atoms with van der Waals surface area (Å²) in [5, 5.41) is 3.11. The van der Waals surface area contributed by atoms with Crippen LogP contribution in [0.5, 0.6) is 0 Å². The van der Waals surface area contributed by atoms with Gasteiger partial charge in [-0.1, -0.05) is 32.4 Å². The Labute approximate surface area is 121 Å². The molecule has 0 saturated carbocycles. The average molecular weight is 279 g/mol. The molecule has 0 atom stereocenters. The van der Waals surface area contributed by atoms with Crippen molar-refractivity contribution < 1.29 is 9.18 Å². The molecular formula is C17H26FNO. The molecule has 3 heteroatoms. The maximum atomic E-state index is 14.2. The van der Waals surface area contributed by atoms with Crippen LogP contribution in [-0.2, 0) is 11.2 Å². The topological polar surface area (TPSA) is 29.1 Å². The van der Waals surface area contributed by atoms with Crippen LogP contribution >= 0.6 is 0 Å². The normalized spacial score (nSPS) is 10.6. The molecule has 1 rings (SSSR count). The Balaban J connectivity index is 2.38. The lowest BCUT2D eigenvalue weighted by atomic mass is 10.0. The summed E-state index contributed by atoms with van der Waals surface area (Å²) in [5.74, 6) is 0.201. The van der Waals surface area contributed by atoms with Crippen molar-refractivity contribution in [3.63, 3.8) is 0 Å². The molecule has 1 aromatic rings. The third kappa shape index (κ3) is 5.72. The minimum Gasteiger partial charge on any atom is -0.383 e. The number of nitrogens with one attached hydrogen (secondary N) is 1. The number of hydrogen-bond donors (Lipinski definition) is 1. The molecule has 0 fully saturated rings. The van der Waals surface area contributed by atoms with Crippen molar-refractivity contribution in [1.82, 2.24) is 0 Å². The first-order chi connectivity index (χ1) is 9.69. The number of aryl methyl sites for hydroxylation is 1. The van der Waals surface area contributed by atoms with Gasteiger partial charge < -0.3 is 5.32 Å². The molecule has 0 bridgehead atoms. The maximum absolute atomic E-state index is 14.2. The van der Waals surface area contributed by atoms with Crippen LogP contribution in [0, 0.1) is 5.82 Å². The van der Waals surface area contributed by atoms with Crippen molar-refractivity contribution in [2.24, 2.45) is 0 Å². The van der Waals surface area contributed by atoms with Crippen molar-refractivity contribution in [3.8, 4) is 0 Å². The number of hydrogen-bond acceptors (Lipinski definition) is 2. The highest BCUT2D eigenvalue weighted by Gasteiger charge is 2.07. The molecule has 0 spiro atoms. The van der Waals surface area contributed by atoms with E-state index in [1.165, 1.54) is 0 Å². The van der Waals surface area contributed by atoms with Crippen LogP contribution in [0.2, 0.25) is 0 Å². The molecule has 1 N–H and O–H groups in total. The van der Waals surface area contributed by atoms with Gasteiger partial charge in [0, 0.05) is 19.4 Å². The molecular weight excluding hydrogens is 253 g/mol. The quantitative estimate of drug-likeness (QED) is 0.627. The summed E-state index contributed by atoms with van der Waals surface area (Å²) in [6.45, 7) is 4.75. The molecule has 0 amide bonds.